The molecule has 0 radical (unpaired) electrons. The van der Waals surface area contributed by atoms with Crippen molar-refractivity contribution in [1.82, 2.24) is 5.32 Å². The number of aliphatic hydroxyl groups is 1. The van der Waals surface area contributed by atoms with Crippen LogP contribution in [0.15, 0.2) is 0 Å². The summed E-state index contributed by atoms with van der Waals surface area (Å²) in [5, 5.41) is 11.9. The third-order valence-electron chi connectivity index (χ3n) is 4.31. The zero-order valence-corrected chi connectivity index (χ0v) is 13.7. The van der Waals surface area contributed by atoms with Crippen LogP contribution in [0.2, 0.25) is 0 Å². The van der Waals surface area contributed by atoms with Gasteiger partial charge in [-0.25, -0.2) is 13.2 Å². The highest BCUT2D eigenvalue weighted by Crippen LogP contribution is 2.49. The highest BCUT2D eigenvalue weighted by Gasteiger charge is 2.56. The lowest BCUT2D eigenvalue weighted by atomic mass is 9.71. The fourth-order valence-electron chi connectivity index (χ4n) is 3.33. The van der Waals surface area contributed by atoms with Crippen LogP contribution >= 0.6 is 0 Å². The fraction of sp³-hybridized carbons (Fsp3) is 0.929. The van der Waals surface area contributed by atoms with Crippen molar-refractivity contribution in [3.8, 4) is 0 Å². The predicted molar refractivity (Wildman–Crippen MR) is 78.7 cm³/mol. The molecule has 1 atom stereocenters. The SMILES string of the molecule is CC(C)(C)OC(=O)NC1CCS(=O)(=O)C2(CC(CO)C2)C1. The third-order valence-corrected chi connectivity index (χ3v) is 6.91. The molecule has 2 aliphatic rings. The maximum atomic E-state index is 12.3. The lowest BCUT2D eigenvalue weighted by Gasteiger charge is -2.50. The van der Waals surface area contributed by atoms with E-state index in [2.05, 4.69) is 5.32 Å². The molecule has 1 saturated heterocycles. The second kappa shape index (κ2) is 5.43. The van der Waals surface area contributed by atoms with Crippen LogP contribution in [0.3, 0.4) is 0 Å². The van der Waals surface area contributed by atoms with Crippen molar-refractivity contribution in [2.45, 2.75) is 62.8 Å². The number of hydrogen-bond donors (Lipinski definition) is 2. The van der Waals surface area contributed by atoms with Crippen molar-refractivity contribution in [2.24, 2.45) is 5.92 Å². The molecule has 2 rings (SSSR count). The van der Waals surface area contributed by atoms with Crippen molar-refractivity contribution >= 4 is 15.9 Å². The van der Waals surface area contributed by atoms with Gasteiger partial charge < -0.3 is 15.2 Å². The smallest absolute Gasteiger partial charge is 0.407 e. The van der Waals surface area contributed by atoms with Crippen LogP contribution < -0.4 is 5.32 Å². The topological polar surface area (TPSA) is 92.7 Å². The van der Waals surface area contributed by atoms with Gasteiger partial charge in [0.2, 0.25) is 0 Å². The summed E-state index contributed by atoms with van der Waals surface area (Å²) in [5.41, 5.74) is -0.568. The molecule has 0 aromatic heterocycles. The van der Waals surface area contributed by atoms with Crippen LogP contribution in [-0.4, -0.2) is 48.4 Å². The van der Waals surface area contributed by atoms with E-state index in [1.807, 2.05) is 0 Å². The minimum absolute atomic E-state index is 0.0292. The second-order valence-electron chi connectivity index (χ2n) is 7.29. The maximum Gasteiger partial charge on any atom is 0.407 e. The average molecular weight is 319 g/mol. The molecule has 7 heteroatoms. The molecule has 0 bridgehead atoms. The molecule has 0 aromatic rings. The summed E-state index contributed by atoms with van der Waals surface area (Å²) in [6, 6.07) is -0.178. The van der Waals surface area contributed by atoms with Gasteiger partial charge in [0.1, 0.15) is 5.60 Å². The van der Waals surface area contributed by atoms with Crippen LogP contribution in [0, 0.1) is 5.92 Å². The molecule has 0 aromatic carbocycles. The normalized spacial score (nSPS) is 35.0. The van der Waals surface area contributed by atoms with Crippen molar-refractivity contribution in [2.75, 3.05) is 12.4 Å². The minimum atomic E-state index is -3.14. The summed E-state index contributed by atoms with van der Waals surface area (Å²) in [6.45, 7) is 5.40. The summed E-state index contributed by atoms with van der Waals surface area (Å²) in [7, 11) is -3.14. The van der Waals surface area contributed by atoms with Crippen LogP contribution in [0.25, 0.3) is 0 Å². The van der Waals surface area contributed by atoms with E-state index < -0.39 is 26.3 Å². The largest absolute Gasteiger partial charge is 0.444 e. The Morgan fingerprint density at radius 3 is 2.48 bits per heavy atom. The van der Waals surface area contributed by atoms with Gasteiger partial charge in [-0.1, -0.05) is 0 Å². The van der Waals surface area contributed by atoms with Crippen LogP contribution in [0.4, 0.5) is 4.79 Å². The standard InChI is InChI=1S/C14H25NO5S/c1-13(2,3)20-12(17)15-11-4-5-21(18,19)14(8-11)6-10(7-14)9-16/h10-11,16H,4-9H2,1-3H3,(H,15,17). The average Bonchev–Trinajstić information content (AvgIpc) is 2.26. The Kier molecular flexibility index (Phi) is 4.28. The van der Waals surface area contributed by atoms with Gasteiger partial charge in [0.25, 0.3) is 0 Å². The zero-order valence-electron chi connectivity index (χ0n) is 12.9. The molecule has 1 heterocycles. The molecule has 2 fully saturated rings. The van der Waals surface area contributed by atoms with Crippen molar-refractivity contribution < 1.29 is 23.1 Å². The van der Waals surface area contributed by atoms with Crippen LogP contribution in [-0.2, 0) is 14.6 Å². The summed E-state index contributed by atoms with van der Waals surface area (Å²) in [5.74, 6) is 0.158. The highest BCUT2D eigenvalue weighted by molar-refractivity contribution is 7.92. The van der Waals surface area contributed by atoms with E-state index in [1.165, 1.54) is 0 Å². The first-order valence-electron chi connectivity index (χ1n) is 7.40. The molecule has 1 saturated carbocycles. The molecule has 21 heavy (non-hydrogen) atoms. The van der Waals surface area contributed by atoms with Gasteiger partial charge in [0.05, 0.1) is 10.5 Å². The second-order valence-corrected chi connectivity index (χ2v) is 9.80. The lowest BCUT2D eigenvalue weighted by Crippen LogP contribution is -2.59. The summed E-state index contributed by atoms with van der Waals surface area (Å²) in [4.78, 5) is 11.8. The zero-order chi connectivity index (χ0) is 15.9. The molecule has 122 valence electrons. The Morgan fingerprint density at radius 1 is 1.33 bits per heavy atom. The molecule has 6 nitrogen and oxygen atoms in total. The van der Waals surface area contributed by atoms with Gasteiger partial charge in [-0.2, -0.15) is 0 Å². The number of rotatable bonds is 2. The monoisotopic (exact) mass is 319 g/mol. The number of aliphatic hydroxyl groups excluding tert-OH is 1. The van der Waals surface area contributed by atoms with Gasteiger partial charge in [-0.15, -0.1) is 0 Å². The van der Waals surface area contributed by atoms with Gasteiger partial charge in [0, 0.05) is 12.6 Å². The van der Waals surface area contributed by atoms with E-state index in [0.717, 1.165) is 0 Å². The molecule has 2 N–H and O–H groups in total. The number of carbonyl (C=O) groups is 1. The Morgan fingerprint density at radius 2 is 1.95 bits per heavy atom. The maximum absolute atomic E-state index is 12.3. The molecule has 1 aliphatic heterocycles. The van der Waals surface area contributed by atoms with E-state index in [4.69, 9.17) is 9.84 Å². The lowest BCUT2D eigenvalue weighted by molar-refractivity contribution is 0.0473. The first kappa shape index (κ1) is 16.5. The number of ether oxygens (including phenoxy) is 1. The predicted octanol–water partition coefficient (Wildman–Crippen LogP) is 1.23. The molecule has 1 unspecified atom stereocenters. The summed E-state index contributed by atoms with van der Waals surface area (Å²) >= 11 is 0. The third kappa shape index (κ3) is 3.51. The Balaban J connectivity index is 1.98. The van der Waals surface area contributed by atoms with Gasteiger partial charge in [-0.05, 0) is 52.4 Å². The highest BCUT2D eigenvalue weighted by atomic mass is 32.2. The molecular formula is C14H25NO5S. The minimum Gasteiger partial charge on any atom is -0.444 e. The van der Waals surface area contributed by atoms with E-state index in [0.29, 0.717) is 25.7 Å². The molecule has 1 amide bonds. The van der Waals surface area contributed by atoms with Gasteiger partial charge >= 0.3 is 6.09 Å². The molecular weight excluding hydrogens is 294 g/mol. The number of alkyl carbamates (subject to hydrolysis) is 1. The first-order chi connectivity index (χ1) is 9.57. The molecule has 1 spiro atoms. The number of hydrogen-bond acceptors (Lipinski definition) is 5. The number of sulfone groups is 1. The van der Waals surface area contributed by atoms with Crippen molar-refractivity contribution in [3.63, 3.8) is 0 Å². The van der Waals surface area contributed by atoms with Gasteiger partial charge in [-0.3, -0.25) is 0 Å². The van der Waals surface area contributed by atoms with E-state index >= 15 is 0 Å². The van der Waals surface area contributed by atoms with Crippen molar-refractivity contribution in [3.05, 3.63) is 0 Å². The first-order valence-corrected chi connectivity index (χ1v) is 9.05. The number of nitrogens with one attached hydrogen (secondary N) is 1. The van der Waals surface area contributed by atoms with E-state index in [9.17, 15) is 13.2 Å². The molecule has 1 aliphatic carbocycles. The van der Waals surface area contributed by atoms with Crippen LogP contribution in [0.5, 0.6) is 0 Å². The van der Waals surface area contributed by atoms with E-state index in [-0.39, 0.29) is 24.3 Å². The van der Waals surface area contributed by atoms with Crippen molar-refractivity contribution in [1.29, 1.82) is 0 Å². The van der Waals surface area contributed by atoms with Crippen LogP contribution in [0.1, 0.15) is 46.5 Å². The summed E-state index contributed by atoms with van der Waals surface area (Å²) < 4.78 is 29.0. The van der Waals surface area contributed by atoms with E-state index in [1.54, 1.807) is 20.8 Å². The van der Waals surface area contributed by atoms with Gasteiger partial charge in [0.15, 0.2) is 9.84 Å². The Labute approximate surface area is 126 Å². The summed E-state index contributed by atoms with van der Waals surface area (Å²) in [6.07, 6.45) is 1.34. The number of amides is 1. The fourth-order valence-corrected chi connectivity index (χ4v) is 5.79. The number of carbonyl (C=O) groups excluding carboxylic acids is 1. The Hall–Kier alpha value is -0.820. The Bertz CT molecular complexity index is 502. The quantitative estimate of drug-likeness (QED) is 0.798.